The first-order chi connectivity index (χ1) is 9.33. The van der Waals surface area contributed by atoms with Crippen LogP contribution in [0.25, 0.3) is 27.8 Å². The fourth-order valence-electron chi connectivity index (χ4n) is 2.61. The number of hydrogen-bond donors (Lipinski definition) is 0. The molecule has 0 amide bonds. The van der Waals surface area contributed by atoms with Crippen LogP contribution in [0.15, 0.2) is 47.6 Å². The minimum atomic E-state index is 0.0556. The molecule has 3 aromatic rings. The van der Waals surface area contributed by atoms with Crippen LogP contribution in [0.1, 0.15) is 0 Å². The van der Waals surface area contributed by atoms with E-state index in [1.807, 2.05) is 36.5 Å². The van der Waals surface area contributed by atoms with E-state index in [-0.39, 0.29) is 12.3 Å². The average molecular weight is 246 g/mol. The number of nitrogens with zero attached hydrogens (tertiary/aromatic N) is 2. The van der Waals surface area contributed by atoms with E-state index in [9.17, 15) is 4.79 Å². The van der Waals surface area contributed by atoms with Crippen molar-refractivity contribution in [2.24, 2.45) is 4.99 Å². The van der Waals surface area contributed by atoms with Gasteiger partial charge in [-0.15, -0.1) is 0 Å². The largest absolute Gasteiger partial charge is 0.293 e. The quantitative estimate of drug-likeness (QED) is 0.562. The van der Waals surface area contributed by atoms with E-state index in [2.05, 4.69) is 16.0 Å². The summed E-state index contributed by atoms with van der Waals surface area (Å²) in [5.41, 5.74) is 0.920. The van der Waals surface area contributed by atoms with Crippen LogP contribution in [-0.4, -0.2) is 17.3 Å². The Balaban J connectivity index is 2.34. The number of Topliss-reactive ketones (excluding diaryl/α,β-unsaturated/α-hetero) is 1. The maximum atomic E-state index is 11.5. The molecule has 1 aliphatic rings. The summed E-state index contributed by atoms with van der Waals surface area (Å²) in [6.07, 6.45) is 3.55. The first kappa shape index (κ1) is 10.4. The van der Waals surface area contributed by atoms with Gasteiger partial charge in [0.25, 0.3) is 0 Å². The second kappa shape index (κ2) is 3.72. The zero-order chi connectivity index (χ0) is 12.8. The van der Waals surface area contributed by atoms with Crippen LogP contribution in [0, 0.1) is 0 Å². The van der Waals surface area contributed by atoms with Crippen LogP contribution in [0.2, 0.25) is 0 Å². The van der Waals surface area contributed by atoms with Crippen LogP contribution in [0.4, 0.5) is 0 Å². The zero-order valence-electron chi connectivity index (χ0n) is 10.1. The van der Waals surface area contributed by atoms with Gasteiger partial charge in [0.05, 0.1) is 10.9 Å². The highest BCUT2D eigenvalue weighted by Crippen LogP contribution is 2.19. The third-order valence-corrected chi connectivity index (χ3v) is 3.47. The molecule has 1 aromatic heterocycles. The van der Waals surface area contributed by atoms with Gasteiger partial charge in [0.15, 0.2) is 5.78 Å². The van der Waals surface area contributed by atoms with Gasteiger partial charge in [-0.25, -0.2) is 0 Å². The lowest BCUT2D eigenvalue weighted by Crippen LogP contribution is -2.32. The fourth-order valence-corrected chi connectivity index (χ4v) is 2.61. The molecule has 0 fully saturated rings. The molecule has 4 rings (SSSR count). The van der Waals surface area contributed by atoms with E-state index < -0.39 is 0 Å². The average Bonchev–Trinajstić information content (AvgIpc) is 2.46. The van der Waals surface area contributed by atoms with Crippen LogP contribution in [0.5, 0.6) is 0 Å². The van der Waals surface area contributed by atoms with Gasteiger partial charge in [0.1, 0.15) is 6.54 Å². The molecular weight excluding hydrogens is 236 g/mol. The fraction of sp³-hybridized carbons (Fsp3) is 0.0625. The van der Waals surface area contributed by atoms with Gasteiger partial charge in [-0.05, 0) is 17.5 Å². The molecule has 0 saturated carbocycles. The van der Waals surface area contributed by atoms with Crippen molar-refractivity contribution in [1.82, 2.24) is 4.98 Å². The molecule has 90 valence electrons. The maximum absolute atomic E-state index is 11.5. The third kappa shape index (κ3) is 1.48. The summed E-state index contributed by atoms with van der Waals surface area (Å²) < 4.78 is 0. The van der Waals surface area contributed by atoms with Crippen LogP contribution >= 0.6 is 0 Å². The second-order valence-electron chi connectivity index (χ2n) is 4.67. The molecule has 0 aliphatic carbocycles. The zero-order valence-corrected chi connectivity index (χ0v) is 10.1. The Hall–Kier alpha value is -2.55. The standard InChI is InChI=1S/C16H10N2O/c19-12-7-10-5-6-14-15(16(10)18-9-12)13-4-2-1-3-11(13)8-17-14/h1-8H,9H2. The minimum absolute atomic E-state index is 0.0556. The number of ketones is 1. The Morgan fingerprint density at radius 1 is 1.05 bits per heavy atom. The summed E-state index contributed by atoms with van der Waals surface area (Å²) in [4.78, 5) is 20.4. The Morgan fingerprint density at radius 2 is 1.95 bits per heavy atom. The van der Waals surface area contributed by atoms with Gasteiger partial charge >= 0.3 is 0 Å². The molecule has 3 nitrogen and oxygen atoms in total. The Morgan fingerprint density at radius 3 is 2.89 bits per heavy atom. The number of carbonyl (C=O) groups is 1. The number of rotatable bonds is 0. The van der Waals surface area contributed by atoms with Crippen LogP contribution < -0.4 is 10.6 Å². The van der Waals surface area contributed by atoms with Crippen molar-refractivity contribution in [3.8, 4) is 0 Å². The van der Waals surface area contributed by atoms with E-state index in [1.165, 1.54) is 0 Å². The van der Waals surface area contributed by atoms with E-state index in [4.69, 9.17) is 0 Å². The molecule has 2 aromatic carbocycles. The number of carbonyl (C=O) groups excluding carboxylic acids is 1. The van der Waals surface area contributed by atoms with Gasteiger partial charge in [-0.3, -0.25) is 14.8 Å². The van der Waals surface area contributed by atoms with Crippen molar-refractivity contribution in [2.45, 2.75) is 0 Å². The normalized spacial score (nSPS) is 14.0. The van der Waals surface area contributed by atoms with Crippen LogP contribution in [0.3, 0.4) is 0 Å². The molecule has 2 heterocycles. The Labute approximate surface area is 108 Å². The highest BCUT2D eigenvalue weighted by molar-refractivity contribution is 6.10. The maximum Gasteiger partial charge on any atom is 0.177 e. The predicted molar refractivity (Wildman–Crippen MR) is 74.4 cm³/mol. The number of hydrogen-bond acceptors (Lipinski definition) is 3. The summed E-state index contributed by atoms with van der Waals surface area (Å²) in [7, 11) is 0. The molecule has 0 atom stereocenters. The van der Waals surface area contributed by atoms with Crippen molar-refractivity contribution in [3.05, 3.63) is 53.2 Å². The molecule has 0 spiro atoms. The Kier molecular flexibility index (Phi) is 2.03. The lowest BCUT2D eigenvalue weighted by Gasteiger charge is -2.06. The van der Waals surface area contributed by atoms with Crippen molar-refractivity contribution in [2.75, 3.05) is 6.54 Å². The molecule has 0 unspecified atom stereocenters. The molecule has 19 heavy (non-hydrogen) atoms. The van der Waals surface area contributed by atoms with E-state index >= 15 is 0 Å². The summed E-state index contributed by atoms with van der Waals surface area (Å²) >= 11 is 0. The summed E-state index contributed by atoms with van der Waals surface area (Å²) in [5.74, 6) is 0.0556. The lowest BCUT2D eigenvalue weighted by atomic mass is 10.0. The van der Waals surface area contributed by atoms with Crippen molar-refractivity contribution >= 4 is 33.5 Å². The van der Waals surface area contributed by atoms with Crippen molar-refractivity contribution < 1.29 is 4.79 Å². The first-order valence-electron chi connectivity index (χ1n) is 6.18. The number of aromatic nitrogens is 1. The van der Waals surface area contributed by atoms with Crippen molar-refractivity contribution in [1.29, 1.82) is 0 Å². The number of benzene rings is 2. The smallest absolute Gasteiger partial charge is 0.177 e. The summed E-state index contributed by atoms with van der Waals surface area (Å²) in [6.45, 7) is 0.231. The summed E-state index contributed by atoms with van der Waals surface area (Å²) in [6, 6.07) is 12.0. The topological polar surface area (TPSA) is 42.3 Å². The van der Waals surface area contributed by atoms with Gasteiger partial charge in [-0.1, -0.05) is 30.3 Å². The third-order valence-electron chi connectivity index (χ3n) is 3.47. The molecule has 0 radical (unpaired) electrons. The van der Waals surface area contributed by atoms with Crippen LogP contribution in [-0.2, 0) is 4.79 Å². The minimum Gasteiger partial charge on any atom is -0.293 e. The predicted octanol–water partition coefficient (Wildman–Crippen LogP) is 1.37. The summed E-state index contributed by atoms with van der Waals surface area (Å²) in [5, 5.41) is 5.05. The van der Waals surface area contributed by atoms with Gasteiger partial charge < -0.3 is 0 Å². The molecule has 3 heteroatoms. The van der Waals surface area contributed by atoms with Gasteiger partial charge in [0, 0.05) is 22.2 Å². The molecule has 1 aliphatic heterocycles. The van der Waals surface area contributed by atoms with Gasteiger partial charge in [-0.2, -0.15) is 0 Å². The van der Waals surface area contributed by atoms with E-state index in [0.29, 0.717) is 0 Å². The van der Waals surface area contributed by atoms with Gasteiger partial charge in [0.2, 0.25) is 0 Å². The number of pyridine rings is 1. The number of fused-ring (bicyclic) bond motifs is 5. The SMILES string of the molecule is O=C1C=c2ccc3ncc4ccccc4c3c2=NC1. The molecule has 0 saturated heterocycles. The van der Waals surface area contributed by atoms with Crippen molar-refractivity contribution in [3.63, 3.8) is 0 Å². The highest BCUT2D eigenvalue weighted by Gasteiger charge is 2.08. The van der Waals surface area contributed by atoms with E-state index in [0.717, 1.165) is 32.3 Å². The molecule has 0 N–H and O–H groups in total. The van der Waals surface area contributed by atoms with E-state index in [1.54, 1.807) is 6.08 Å². The lowest BCUT2D eigenvalue weighted by molar-refractivity contribution is -0.112. The molecule has 0 bridgehead atoms. The Bertz CT molecular complexity index is 958. The molecular formula is C16H10N2O. The monoisotopic (exact) mass is 246 g/mol. The highest BCUT2D eigenvalue weighted by atomic mass is 16.1. The second-order valence-corrected chi connectivity index (χ2v) is 4.67. The first-order valence-corrected chi connectivity index (χ1v) is 6.18.